The Bertz CT molecular complexity index is 629. The second kappa shape index (κ2) is 15.2. The van der Waals surface area contributed by atoms with Crippen LogP contribution >= 0.6 is 16.1 Å². The fourth-order valence-corrected chi connectivity index (χ4v) is 16.1. The van der Waals surface area contributed by atoms with E-state index in [1.807, 2.05) is 0 Å². The Hall–Kier alpha value is 0.160. The minimum Gasteiger partial charge on any atom is -0.361 e. The third-order valence-corrected chi connectivity index (χ3v) is 16.5. The van der Waals surface area contributed by atoms with Gasteiger partial charge in [-0.25, -0.2) is 0 Å². The molecule has 4 fully saturated rings. The first-order valence-electron chi connectivity index (χ1n) is 16.4. The molecular weight excluding hydrogens is 490 g/mol. The molecule has 0 aromatic rings. The summed E-state index contributed by atoms with van der Waals surface area (Å²) in [5.41, 5.74) is 12.1. The van der Waals surface area contributed by atoms with Crippen molar-refractivity contribution in [3.8, 4) is 0 Å². The van der Waals surface area contributed by atoms with Gasteiger partial charge in [0.25, 0.3) is 0 Å². The molecule has 4 nitrogen and oxygen atoms in total. The minimum absolute atomic E-state index is 0.485. The van der Waals surface area contributed by atoms with Crippen LogP contribution in [-0.4, -0.2) is 54.8 Å². The fraction of sp³-hybridized carbons (Fsp3) is 0.968. The third kappa shape index (κ3) is 7.67. The molecule has 0 aromatic heterocycles. The summed E-state index contributed by atoms with van der Waals surface area (Å²) < 4.78 is 6.23. The van der Waals surface area contributed by atoms with Crippen molar-refractivity contribution in [2.45, 2.75) is 192 Å². The lowest BCUT2D eigenvalue weighted by Crippen LogP contribution is -2.51. The number of hydrogen-bond donors (Lipinski definition) is 0. The van der Waals surface area contributed by atoms with Crippen LogP contribution in [-0.2, 0) is 0 Å². The van der Waals surface area contributed by atoms with Crippen molar-refractivity contribution in [1.29, 1.82) is 0 Å². The van der Waals surface area contributed by atoms with Crippen molar-refractivity contribution in [3.63, 3.8) is 0 Å². The molecule has 0 saturated heterocycles. The van der Waals surface area contributed by atoms with Gasteiger partial charge in [0.05, 0.1) is 0 Å². The van der Waals surface area contributed by atoms with Crippen molar-refractivity contribution in [3.05, 3.63) is 5.53 Å². The molecule has 0 bridgehead atoms. The smallest absolute Gasteiger partial charge is 0.336 e. The van der Waals surface area contributed by atoms with Crippen LogP contribution in [0.5, 0.6) is 0 Å². The van der Waals surface area contributed by atoms with Crippen LogP contribution in [0.3, 0.4) is 0 Å². The zero-order chi connectivity index (χ0) is 26.2. The van der Waals surface area contributed by atoms with Gasteiger partial charge in [0.1, 0.15) is 0 Å². The molecule has 4 aliphatic rings. The predicted octanol–water partition coefficient (Wildman–Crippen LogP) is 10.1. The van der Waals surface area contributed by atoms with Crippen molar-refractivity contribution in [2.24, 2.45) is 0 Å². The van der Waals surface area contributed by atoms with Crippen LogP contribution in [0.15, 0.2) is 0 Å². The van der Waals surface area contributed by atoms with Gasteiger partial charge in [0, 0.05) is 32.1 Å². The number of nitrogens with zero attached hydrogens (tertiary/aromatic N) is 4. The van der Waals surface area contributed by atoms with Gasteiger partial charge < -0.3 is 5.53 Å². The monoisotopic (exact) mass is 548 g/mol. The number of rotatable bonds is 10. The largest absolute Gasteiger partial charge is 0.361 e. The molecule has 0 N–H and O–H groups in total. The van der Waals surface area contributed by atoms with E-state index in [1.165, 1.54) is 134 Å². The van der Waals surface area contributed by atoms with E-state index in [0.717, 1.165) is 0 Å². The maximum Gasteiger partial charge on any atom is 0.336 e. The van der Waals surface area contributed by atoms with E-state index in [1.54, 1.807) is 0 Å². The van der Waals surface area contributed by atoms with Gasteiger partial charge in [-0.1, -0.05) is 105 Å². The molecule has 212 valence electrons. The summed E-state index contributed by atoms with van der Waals surface area (Å²) in [6.07, 6.45) is 27.6. The van der Waals surface area contributed by atoms with Crippen LogP contribution < -0.4 is 0 Å². The van der Waals surface area contributed by atoms with Crippen LogP contribution in [0.4, 0.5) is 0 Å². The summed E-state index contributed by atoms with van der Waals surface area (Å²) >= 11 is 0. The maximum atomic E-state index is 11.0. The molecule has 0 aliphatic heterocycles. The third-order valence-electron chi connectivity index (χ3n) is 9.84. The van der Waals surface area contributed by atoms with Crippen LogP contribution in [0.25, 0.3) is 5.53 Å². The van der Waals surface area contributed by atoms with E-state index in [2.05, 4.69) is 41.8 Å². The summed E-state index contributed by atoms with van der Waals surface area (Å²) in [6, 6.07) is 2.74. The standard InChI is InChI=1S/C31H58N4P2/c1-25(2)36(26(3)4)31(33-32)37(34(27-17-9-5-10-18-27)28-19-11-6-12-20-28)35(29-21-13-7-14-22-29)30-23-15-8-16-24-30/h25-30H,5-24H2,1-4H3. The highest BCUT2D eigenvalue weighted by atomic mass is 31.2. The molecule has 0 aromatic carbocycles. The van der Waals surface area contributed by atoms with E-state index >= 15 is 0 Å². The van der Waals surface area contributed by atoms with Gasteiger partial charge >= 0.3 is 5.19 Å². The molecule has 0 spiro atoms. The quantitative estimate of drug-likeness (QED) is 0.118. The van der Waals surface area contributed by atoms with Gasteiger partial charge in [-0.3, -0.25) is 9.34 Å². The summed E-state index contributed by atoms with van der Waals surface area (Å²) in [5.74, 6) is 0. The second-order valence-electron chi connectivity index (χ2n) is 13.2. The molecule has 4 saturated carbocycles. The van der Waals surface area contributed by atoms with E-state index in [0.29, 0.717) is 35.5 Å². The summed E-state index contributed by atoms with van der Waals surface area (Å²) in [5, 5.41) is 1.25. The van der Waals surface area contributed by atoms with E-state index in [-0.39, 0.29) is 0 Å². The lowest BCUT2D eigenvalue weighted by molar-refractivity contribution is 0.00222. The number of hydrogen-bond acceptors (Lipinski definition) is 2. The summed E-state index contributed by atoms with van der Waals surface area (Å²) in [7, 11) is -1.24. The SMILES string of the molecule is CC(C)P(C(=[N+]=[N-])P(N(C1CCCCC1)C1CCCCC1)N(C1CCCCC1)C1CCCCC1)C(C)C. The predicted molar refractivity (Wildman–Crippen MR) is 164 cm³/mol. The first-order chi connectivity index (χ1) is 18.0. The van der Waals surface area contributed by atoms with Crippen LogP contribution in [0.1, 0.15) is 156 Å². The van der Waals surface area contributed by atoms with Crippen molar-refractivity contribution in [1.82, 2.24) is 9.34 Å². The van der Waals surface area contributed by atoms with Gasteiger partial charge in [-0.2, -0.15) is 4.79 Å². The first kappa shape index (κ1) is 30.1. The van der Waals surface area contributed by atoms with E-state index in [9.17, 15) is 5.53 Å². The zero-order valence-corrected chi connectivity index (χ0v) is 26.6. The molecule has 0 atom stereocenters. The zero-order valence-electron chi connectivity index (χ0n) is 24.8. The van der Waals surface area contributed by atoms with E-state index in [4.69, 9.17) is 0 Å². The maximum absolute atomic E-state index is 11.0. The van der Waals surface area contributed by atoms with Crippen LogP contribution in [0, 0.1) is 0 Å². The summed E-state index contributed by atoms with van der Waals surface area (Å²) in [4.78, 5) is 4.44. The highest BCUT2D eigenvalue weighted by Crippen LogP contribution is 2.65. The normalized spacial score (nSPS) is 24.2. The molecule has 4 rings (SSSR count). The molecule has 4 aliphatic carbocycles. The molecular formula is C31H58N4P2. The van der Waals surface area contributed by atoms with Gasteiger partial charge in [0.2, 0.25) is 0 Å². The fourth-order valence-electron chi connectivity index (χ4n) is 8.18. The van der Waals surface area contributed by atoms with Gasteiger partial charge in [-0.15, -0.1) is 0 Å². The molecule has 0 amide bonds. The second-order valence-corrected chi connectivity index (χ2v) is 18.8. The molecule has 37 heavy (non-hydrogen) atoms. The first-order valence-corrected chi connectivity index (χ1v) is 19.1. The Morgan fingerprint density at radius 1 is 0.541 bits per heavy atom. The summed E-state index contributed by atoms with van der Waals surface area (Å²) in [6.45, 7) is 9.62. The Kier molecular flexibility index (Phi) is 12.4. The highest BCUT2D eigenvalue weighted by molar-refractivity contribution is 7.99. The average molecular weight is 549 g/mol. The topological polar surface area (TPSA) is 42.9 Å². The Morgan fingerprint density at radius 2 is 0.811 bits per heavy atom. The van der Waals surface area contributed by atoms with Crippen molar-refractivity contribution >= 4 is 21.3 Å². The average Bonchev–Trinajstić information content (AvgIpc) is 2.93. The highest BCUT2D eigenvalue weighted by Gasteiger charge is 2.51. The van der Waals surface area contributed by atoms with Crippen molar-refractivity contribution in [2.75, 3.05) is 0 Å². The Balaban J connectivity index is 1.84. The molecule has 0 heterocycles. The van der Waals surface area contributed by atoms with Crippen LogP contribution in [0.2, 0.25) is 0 Å². The molecule has 0 radical (unpaired) electrons. The molecule has 6 heteroatoms. The Morgan fingerprint density at radius 3 is 1.03 bits per heavy atom. The lowest BCUT2D eigenvalue weighted by atomic mass is 9.90. The van der Waals surface area contributed by atoms with E-state index < -0.39 is 16.1 Å². The molecule has 0 unspecified atom stereocenters. The minimum atomic E-state index is -0.751. The van der Waals surface area contributed by atoms with Gasteiger partial charge in [-0.05, 0) is 62.7 Å². The lowest BCUT2D eigenvalue weighted by Gasteiger charge is -2.53. The Labute approximate surface area is 232 Å². The van der Waals surface area contributed by atoms with Crippen molar-refractivity contribution < 1.29 is 4.79 Å². The van der Waals surface area contributed by atoms with Gasteiger partial charge in [0.15, 0.2) is 8.22 Å².